The molecular weight excluding hydrogens is 498 g/mol. The molecule has 1 fully saturated rings. The third-order valence-electron chi connectivity index (χ3n) is 7.03. The zero-order valence-electron chi connectivity index (χ0n) is 21.0. The first-order valence-corrected chi connectivity index (χ1v) is 12.6. The number of para-hydroxylation sites is 1. The molecule has 39 heavy (non-hydrogen) atoms. The number of piperidine rings is 1. The van der Waals surface area contributed by atoms with Crippen LogP contribution in [0.2, 0.25) is 0 Å². The molecule has 0 saturated carbocycles. The zero-order chi connectivity index (χ0) is 27.4. The molecule has 2 aliphatic rings. The number of benzene rings is 3. The lowest BCUT2D eigenvalue weighted by molar-refractivity contribution is -0.125. The molecule has 1 spiro atoms. The van der Waals surface area contributed by atoms with Crippen LogP contribution < -0.4 is 15.5 Å². The summed E-state index contributed by atoms with van der Waals surface area (Å²) in [6.07, 6.45) is 3.19. The van der Waals surface area contributed by atoms with E-state index in [1.165, 1.54) is 11.6 Å². The first-order chi connectivity index (χ1) is 18.9. The van der Waals surface area contributed by atoms with Crippen LogP contribution in [0.3, 0.4) is 0 Å². The number of anilines is 1. The number of hydroxylamine groups is 1. The molecule has 2 heterocycles. The number of hydrogen-bond acceptors (Lipinski definition) is 6. The lowest BCUT2D eigenvalue weighted by Crippen LogP contribution is -2.60. The van der Waals surface area contributed by atoms with Gasteiger partial charge in [-0.2, -0.15) is 0 Å². The number of ether oxygens (including phenoxy) is 1. The van der Waals surface area contributed by atoms with Crippen LogP contribution in [0.1, 0.15) is 45.5 Å². The zero-order valence-corrected chi connectivity index (χ0v) is 21.0. The summed E-state index contributed by atoms with van der Waals surface area (Å²) in [4.78, 5) is 53.2. The molecule has 0 aliphatic carbocycles. The Kier molecular flexibility index (Phi) is 7.25. The molecule has 2 atom stereocenters. The topological polar surface area (TPSA) is 125 Å². The number of nitrogens with zero attached hydrogens (tertiary/aromatic N) is 1. The maximum Gasteiger partial charge on any atom is 0.267 e. The van der Waals surface area contributed by atoms with Crippen molar-refractivity contribution in [2.45, 2.75) is 30.9 Å². The molecule has 0 aromatic heterocycles. The van der Waals surface area contributed by atoms with Crippen molar-refractivity contribution in [3.05, 3.63) is 102 Å². The number of nitrogens with one attached hydrogen (secondary N) is 2. The monoisotopic (exact) mass is 525 g/mol. The molecule has 9 heteroatoms. The van der Waals surface area contributed by atoms with Gasteiger partial charge in [0.15, 0.2) is 5.78 Å². The highest BCUT2D eigenvalue weighted by Gasteiger charge is 2.49. The van der Waals surface area contributed by atoms with E-state index in [1.807, 2.05) is 24.3 Å². The van der Waals surface area contributed by atoms with E-state index in [0.717, 1.165) is 6.08 Å². The van der Waals surface area contributed by atoms with Gasteiger partial charge in [-0.15, -0.1) is 0 Å². The summed E-state index contributed by atoms with van der Waals surface area (Å²) in [5, 5.41) is 11.6. The molecule has 0 bridgehead atoms. The van der Waals surface area contributed by atoms with Crippen LogP contribution in [0, 0.1) is 0 Å². The summed E-state index contributed by atoms with van der Waals surface area (Å²) in [6, 6.07) is 21.9. The molecule has 3 aromatic rings. The van der Waals surface area contributed by atoms with Crippen LogP contribution in [0.4, 0.5) is 5.69 Å². The summed E-state index contributed by atoms with van der Waals surface area (Å²) < 4.78 is 6.41. The van der Waals surface area contributed by atoms with E-state index in [-0.39, 0.29) is 37.0 Å². The van der Waals surface area contributed by atoms with Crippen molar-refractivity contribution in [3.8, 4) is 5.75 Å². The first kappa shape index (κ1) is 25.9. The number of likely N-dealkylation sites (tertiary alicyclic amines) is 1. The van der Waals surface area contributed by atoms with E-state index in [2.05, 4.69) is 5.32 Å². The van der Waals surface area contributed by atoms with Crippen molar-refractivity contribution in [2.24, 2.45) is 0 Å². The molecule has 3 amide bonds. The van der Waals surface area contributed by atoms with Gasteiger partial charge in [0.2, 0.25) is 5.91 Å². The van der Waals surface area contributed by atoms with E-state index in [4.69, 9.17) is 9.94 Å². The van der Waals surface area contributed by atoms with Gasteiger partial charge in [0.1, 0.15) is 17.4 Å². The van der Waals surface area contributed by atoms with Crippen LogP contribution in [-0.4, -0.2) is 51.8 Å². The SMILES string of the molecule is O=C(C=Cc1ccc2c(c1)C(=O)CC1(CCN(C(=O)c3ccccc3)C(C(=O)Nc3ccccc3)C1)O2)NO. The van der Waals surface area contributed by atoms with Crippen molar-refractivity contribution in [3.63, 3.8) is 0 Å². The standard InChI is InChI=1S/C30H27N3O6/c34-25-19-30(39-26-13-11-20(17-23(25)26)12-14-27(35)32-38)15-16-33(29(37)21-7-3-1-4-8-21)24(18-30)28(36)31-22-9-5-2-6-10-22/h1-14,17,24,38H,15-16,18-19H2,(H,31,36)(H,32,35). The average Bonchev–Trinajstić information content (AvgIpc) is 2.96. The Morgan fingerprint density at radius 3 is 2.44 bits per heavy atom. The minimum atomic E-state index is -0.954. The lowest BCUT2D eigenvalue weighted by atomic mass is 9.78. The van der Waals surface area contributed by atoms with Gasteiger partial charge in [-0.1, -0.05) is 42.5 Å². The summed E-state index contributed by atoms with van der Waals surface area (Å²) >= 11 is 0. The Labute approximate surface area is 225 Å². The van der Waals surface area contributed by atoms with Gasteiger partial charge in [-0.05, 0) is 48.0 Å². The van der Waals surface area contributed by atoms with Crippen molar-refractivity contribution < 1.29 is 29.1 Å². The van der Waals surface area contributed by atoms with E-state index < -0.39 is 17.6 Å². The van der Waals surface area contributed by atoms with Crippen molar-refractivity contribution in [2.75, 3.05) is 11.9 Å². The fraction of sp³-hybridized carbons (Fsp3) is 0.200. The molecule has 3 aromatic carbocycles. The minimum Gasteiger partial charge on any atom is -0.486 e. The normalized spacial score (nSPS) is 20.3. The lowest BCUT2D eigenvalue weighted by Gasteiger charge is -2.47. The van der Waals surface area contributed by atoms with E-state index in [9.17, 15) is 19.2 Å². The Bertz CT molecular complexity index is 1440. The van der Waals surface area contributed by atoms with Gasteiger partial charge in [-0.25, -0.2) is 5.48 Å². The van der Waals surface area contributed by atoms with Gasteiger partial charge >= 0.3 is 0 Å². The Hall–Kier alpha value is -4.76. The van der Waals surface area contributed by atoms with Crippen LogP contribution in [-0.2, 0) is 9.59 Å². The Balaban J connectivity index is 1.42. The number of carbonyl (C=O) groups excluding carboxylic acids is 4. The number of amides is 3. The molecule has 2 aliphatic heterocycles. The average molecular weight is 526 g/mol. The van der Waals surface area contributed by atoms with Crippen LogP contribution in [0.5, 0.6) is 5.75 Å². The smallest absolute Gasteiger partial charge is 0.267 e. The van der Waals surface area contributed by atoms with Gasteiger partial charge in [0.25, 0.3) is 11.8 Å². The number of fused-ring (bicyclic) bond motifs is 1. The van der Waals surface area contributed by atoms with Gasteiger partial charge in [0.05, 0.1) is 12.0 Å². The molecule has 5 rings (SSSR count). The Morgan fingerprint density at radius 1 is 1.00 bits per heavy atom. The van der Waals surface area contributed by atoms with E-state index >= 15 is 0 Å². The number of hydrogen-bond donors (Lipinski definition) is 3. The second-order valence-electron chi connectivity index (χ2n) is 9.64. The van der Waals surface area contributed by atoms with Crippen LogP contribution >= 0.6 is 0 Å². The van der Waals surface area contributed by atoms with Gasteiger partial charge < -0.3 is 15.0 Å². The maximum atomic E-state index is 13.6. The fourth-order valence-electron chi connectivity index (χ4n) is 5.09. The number of Topliss-reactive ketones (excluding diaryl/α,β-unsaturated/α-hetero) is 1. The maximum absolute atomic E-state index is 13.6. The van der Waals surface area contributed by atoms with E-state index in [0.29, 0.717) is 34.5 Å². The predicted molar refractivity (Wildman–Crippen MR) is 143 cm³/mol. The first-order valence-electron chi connectivity index (χ1n) is 12.6. The molecular formula is C30H27N3O6. The molecule has 3 N–H and O–H groups in total. The summed E-state index contributed by atoms with van der Waals surface area (Å²) in [5.74, 6) is -1.06. The second kappa shape index (κ2) is 10.9. The van der Waals surface area contributed by atoms with Gasteiger partial charge in [-0.3, -0.25) is 24.4 Å². The number of carbonyl (C=O) groups is 4. The Morgan fingerprint density at radius 2 is 1.72 bits per heavy atom. The minimum absolute atomic E-state index is 0.0484. The highest BCUT2D eigenvalue weighted by Crippen LogP contribution is 2.42. The van der Waals surface area contributed by atoms with Crippen LogP contribution in [0.15, 0.2) is 84.9 Å². The highest BCUT2D eigenvalue weighted by molar-refractivity contribution is 6.03. The number of ketones is 1. The molecule has 0 radical (unpaired) electrons. The van der Waals surface area contributed by atoms with Crippen molar-refractivity contribution >= 4 is 35.3 Å². The molecule has 2 unspecified atom stereocenters. The van der Waals surface area contributed by atoms with Gasteiger partial charge in [0, 0.05) is 36.7 Å². The third-order valence-corrected chi connectivity index (χ3v) is 7.03. The third kappa shape index (κ3) is 5.58. The summed E-state index contributed by atoms with van der Waals surface area (Å²) in [6.45, 7) is 0.236. The highest BCUT2D eigenvalue weighted by atomic mass is 16.5. The van der Waals surface area contributed by atoms with E-state index in [1.54, 1.807) is 59.5 Å². The summed E-state index contributed by atoms with van der Waals surface area (Å²) in [7, 11) is 0. The molecule has 198 valence electrons. The van der Waals surface area contributed by atoms with Crippen molar-refractivity contribution in [1.82, 2.24) is 10.4 Å². The van der Waals surface area contributed by atoms with Crippen molar-refractivity contribution in [1.29, 1.82) is 0 Å². The number of rotatable bonds is 5. The van der Waals surface area contributed by atoms with Crippen LogP contribution in [0.25, 0.3) is 6.08 Å². The molecule has 9 nitrogen and oxygen atoms in total. The largest absolute Gasteiger partial charge is 0.486 e. The predicted octanol–water partition coefficient (Wildman–Crippen LogP) is 3.85. The summed E-state index contributed by atoms with van der Waals surface area (Å²) in [5.41, 5.74) is 2.62. The quantitative estimate of drug-likeness (QED) is 0.264. The molecule has 1 saturated heterocycles. The second-order valence-corrected chi connectivity index (χ2v) is 9.64. The fourth-order valence-corrected chi connectivity index (χ4v) is 5.09.